The summed E-state index contributed by atoms with van der Waals surface area (Å²) in [6.07, 6.45) is 0. The van der Waals surface area contributed by atoms with Crippen LogP contribution in [0.2, 0.25) is 0 Å². The summed E-state index contributed by atoms with van der Waals surface area (Å²) in [6.45, 7) is -0.200. The van der Waals surface area contributed by atoms with Crippen molar-refractivity contribution in [1.29, 1.82) is 0 Å². The molecule has 0 unspecified atom stereocenters. The number of furan rings is 1. The largest absolute Gasteiger partial charge is 0.456 e. The third-order valence-corrected chi connectivity index (χ3v) is 1.70. The summed E-state index contributed by atoms with van der Waals surface area (Å²) in [5.74, 6) is -0.0118. The summed E-state index contributed by atoms with van der Waals surface area (Å²) < 4.78 is 18.0. The molecule has 1 N–H and O–H groups in total. The molecule has 62 valence electrons. The fraction of sp³-hybridized carbons (Fsp3) is 0.111. The van der Waals surface area contributed by atoms with Crippen LogP contribution in [0.3, 0.4) is 0 Å². The van der Waals surface area contributed by atoms with E-state index in [0.29, 0.717) is 11.1 Å². The van der Waals surface area contributed by atoms with Crippen molar-refractivity contribution in [1.82, 2.24) is 0 Å². The molecule has 0 aliphatic rings. The van der Waals surface area contributed by atoms with Crippen molar-refractivity contribution in [3.8, 4) is 0 Å². The average Bonchev–Trinajstić information content (AvgIpc) is 2.49. The highest BCUT2D eigenvalue weighted by Gasteiger charge is 2.05. The smallest absolute Gasteiger partial charge is 0.170 e. The van der Waals surface area contributed by atoms with Crippen molar-refractivity contribution in [2.45, 2.75) is 6.61 Å². The Morgan fingerprint density at radius 3 is 2.92 bits per heavy atom. The van der Waals surface area contributed by atoms with Gasteiger partial charge in [0.05, 0.1) is 0 Å². The number of hydrogen-bond acceptors (Lipinski definition) is 2. The van der Waals surface area contributed by atoms with Crippen LogP contribution < -0.4 is 0 Å². The number of hydrogen-bond donors (Lipinski definition) is 1. The normalized spacial score (nSPS) is 10.8. The summed E-state index contributed by atoms with van der Waals surface area (Å²) in [7, 11) is 0. The van der Waals surface area contributed by atoms with Gasteiger partial charge in [0.25, 0.3) is 0 Å². The van der Waals surface area contributed by atoms with Gasteiger partial charge in [0.15, 0.2) is 11.4 Å². The lowest BCUT2D eigenvalue weighted by atomic mass is 10.2. The first-order valence-corrected chi connectivity index (χ1v) is 3.59. The maximum Gasteiger partial charge on any atom is 0.170 e. The van der Waals surface area contributed by atoms with E-state index in [2.05, 4.69) is 0 Å². The minimum atomic E-state index is -0.396. The monoisotopic (exact) mass is 166 g/mol. The highest BCUT2D eigenvalue weighted by molar-refractivity contribution is 5.78. The van der Waals surface area contributed by atoms with Crippen LogP contribution in [-0.2, 0) is 6.61 Å². The first-order chi connectivity index (χ1) is 5.81. The maximum atomic E-state index is 13.0. The van der Waals surface area contributed by atoms with E-state index < -0.39 is 5.82 Å². The maximum absolute atomic E-state index is 13.0. The van der Waals surface area contributed by atoms with Crippen molar-refractivity contribution < 1.29 is 13.9 Å². The molecular formula is C9H7FO2. The summed E-state index contributed by atoms with van der Waals surface area (Å²) in [4.78, 5) is 0. The van der Waals surface area contributed by atoms with Gasteiger partial charge >= 0.3 is 0 Å². The topological polar surface area (TPSA) is 33.4 Å². The Morgan fingerprint density at radius 2 is 2.25 bits per heavy atom. The lowest BCUT2D eigenvalue weighted by Crippen LogP contribution is -1.73. The van der Waals surface area contributed by atoms with Crippen molar-refractivity contribution in [2.24, 2.45) is 0 Å². The first-order valence-electron chi connectivity index (χ1n) is 3.59. The van der Waals surface area contributed by atoms with Gasteiger partial charge in [-0.3, -0.25) is 0 Å². The second kappa shape index (κ2) is 2.60. The molecular weight excluding hydrogens is 159 g/mol. The Morgan fingerprint density at radius 1 is 1.42 bits per heavy atom. The molecule has 0 spiro atoms. The Balaban J connectivity index is 2.74. The van der Waals surface area contributed by atoms with Gasteiger partial charge in [0.1, 0.15) is 12.4 Å². The number of aliphatic hydroxyl groups excluding tert-OH is 1. The fourth-order valence-electron chi connectivity index (χ4n) is 1.16. The fourth-order valence-corrected chi connectivity index (χ4v) is 1.16. The molecule has 0 bridgehead atoms. The van der Waals surface area contributed by atoms with Crippen LogP contribution in [0.4, 0.5) is 4.39 Å². The second-order valence-corrected chi connectivity index (χ2v) is 2.53. The number of rotatable bonds is 1. The zero-order valence-electron chi connectivity index (χ0n) is 6.25. The SMILES string of the molecule is OCc1cc2cccc(F)c2o1. The van der Waals surface area contributed by atoms with Crippen LogP contribution in [0.15, 0.2) is 28.7 Å². The molecule has 3 heteroatoms. The molecule has 0 aliphatic heterocycles. The highest BCUT2D eigenvalue weighted by Crippen LogP contribution is 2.21. The van der Waals surface area contributed by atoms with Gasteiger partial charge in [-0.25, -0.2) is 4.39 Å². The zero-order chi connectivity index (χ0) is 8.55. The molecule has 0 fully saturated rings. The quantitative estimate of drug-likeness (QED) is 0.703. The third-order valence-electron chi connectivity index (χ3n) is 1.70. The molecule has 0 saturated carbocycles. The summed E-state index contributed by atoms with van der Waals surface area (Å²) in [6, 6.07) is 6.29. The molecule has 2 rings (SSSR count). The van der Waals surface area contributed by atoms with Crippen molar-refractivity contribution in [3.05, 3.63) is 35.8 Å². The molecule has 0 aliphatic carbocycles. The highest BCUT2D eigenvalue weighted by atomic mass is 19.1. The average molecular weight is 166 g/mol. The zero-order valence-corrected chi connectivity index (χ0v) is 6.25. The molecule has 1 aromatic heterocycles. The van der Waals surface area contributed by atoms with E-state index >= 15 is 0 Å². The molecule has 0 radical (unpaired) electrons. The van der Waals surface area contributed by atoms with Crippen LogP contribution in [-0.4, -0.2) is 5.11 Å². The number of para-hydroxylation sites is 1. The van der Waals surface area contributed by atoms with Crippen molar-refractivity contribution >= 4 is 11.0 Å². The number of halogens is 1. The van der Waals surface area contributed by atoms with E-state index in [0.717, 1.165) is 0 Å². The third kappa shape index (κ3) is 0.987. The Labute approximate surface area is 68.2 Å². The molecule has 0 amide bonds. The van der Waals surface area contributed by atoms with Crippen LogP contribution in [0, 0.1) is 5.82 Å². The van der Waals surface area contributed by atoms with Gasteiger partial charge in [0, 0.05) is 5.39 Å². The van der Waals surface area contributed by atoms with E-state index in [1.165, 1.54) is 6.07 Å². The Bertz CT molecular complexity index is 406. The van der Waals surface area contributed by atoms with E-state index in [1.54, 1.807) is 18.2 Å². The first kappa shape index (κ1) is 7.31. The van der Waals surface area contributed by atoms with Crippen LogP contribution in [0.5, 0.6) is 0 Å². The van der Waals surface area contributed by atoms with E-state index in [4.69, 9.17) is 9.52 Å². The van der Waals surface area contributed by atoms with Gasteiger partial charge < -0.3 is 9.52 Å². The standard InChI is InChI=1S/C9H7FO2/c10-8-3-1-2-6-4-7(5-11)12-9(6)8/h1-4,11H,5H2. The van der Waals surface area contributed by atoms with Gasteiger partial charge in [-0.15, -0.1) is 0 Å². The Hall–Kier alpha value is -1.35. The molecule has 2 aromatic rings. The van der Waals surface area contributed by atoms with Gasteiger partial charge in [-0.05, 0) is 12.1 Å². The number of benzene rings is 1. The van der Waals surface area contributed by atoms with Crippen LogP contribution in [0.25, 0.3) is 11.0 Å². The van der Waals surface area contributed by atoms with Gasteiger partial charge in [-0.2, -0.15) is 0 Å². The number of fused-ring (bicyclic) bond motifs is 1. The minimum absolute atomic E-state index is 0.200. The van der Waals surface area contributed by atoms with Crippen molar-refractivity contribution in [3.63, 3.8) is 0 Å². The lowest BCUT2D eigenvalue weighted by Gasteiger charge is -1.88. The summed E-state index contributed by atoms with van der Waals surface area (Å²) in [5.41, 5.74) is 0.210. The van der Waals surface area contributed by atoms with E-state index in [9.17, 15) is 4.39 Å². The van der Waals surface area contributed by atoms with Crippen molar-refractivity contribution in [2.75, 3.05) is 0 Å². The van der Waals surface area contributed by atoms with Crippen LogP contribution >= 0.6 is 0 Å². The predicted molar refractivity (Wildman–Crippen MR) is 42.1 cm³/mol. The Kier molecular flexibility index (Phi) is 1.59. The molecule has 0 saturated heterocycles. The second-order valence-electron chi connectivity index (χ2n) is 2.53. The summed E-state index contributed by atoms with van der Waals surface area (Å²) >= 11 is 0. The number of aliphatic hydroxyl groups is 1. The van der Waals surface area contributed by atoms with E-state index in [1.807, 2.05) is 0 Å². The van der Waals surface area contributed by atoms with E-state index in [-0.39, 0.29) is 12.2 Å². The minimum Gasteiger partial charge on any atom is -0.456 e. The molecule has 12 heavy (non-hydrogen) atoms. The van der Waals surface area contributed by atoms with Gasteiger partial charge in [0.2, 0.25) is 0 Å². The molecule has 1 heterocycles. The predicted octanol–water partition coefficient (Wildman–Crippen LogP) is 2.06. The van der Waals surface area contributed by atoms with Gasteiger partial charge in [-0.1, -0.05) is 12.1 Å². The lowest BCUT2D eigenvalue weighted by molar-refractivity contribution is 0.250. The molecule has 1 aromatic carbocycles. The molecule has 0 atom stereocenters. The molecule has 2 nitrogen and oxygen atoms in total. The van der Waals surface area contributed by atoms with Crippen LogP contribution in [0.1, 0.15) is 5.76 Å². The summed E-state index contributed by atoms with van der Waals surface area (Å²) in [5, 5.41) is 9.39.